The predicted molar refractivity (Wildman–Crippen MR) is 46.5 cm³/mol. The number of carboxylic acid groups (broad SMARTS) is 1. The lowest BCUT2D eigenvalue weighted by Crippen LogP contribution is -2.90. The third kappa shape index (κ3) is 3.14. The number of carboxylic acids is 1. The molecule has 0 fully saturated rings. The number of halogens is 1. The van der Waals surface area contributed by atoms with E-state index in [1.165, 1.54) is 12.1 Å². The molecule has 2 N–H and O–H groups in total. The fourth-order valence-corrected chi connectivity index (χ4v) is 1.03. The number of quaternary nitrogens is 1. The van der Waals surface area contributed by atoms with E-state index in [9.17, 15) is 14.3 Å². The van der Waals surface area contributed by atoms with Gasteiger partial charge in [0.2, 0.25) is 0 Å². The maximum Gasteiger partial charge on any atom is 0.123 e. The molecule has 0 spiro atoms. The van der Waals surface area contributed by atoms with Crippen molar-refractivity contribution >= 4 is 5.97 Å². The second-order valence-corrected chi connectivity index (χ2v) is 3.17. The third-order valence-electron chi connectivity index (χ3n) is 1.99. The van der Waals surface area contributed by atoms with Gasteiger partial charge in [-0.05, 0) is 19.1 Å². The summed E-state index contributed by atoms with van der Waals surface area (Å²) in [7, 11) is 0. The Morgan fingerprint density at radius 3 is 2.57 bits per heavy atom. The van der Waals surface area contributed by atoms with Gasteiger partial charge in [-0.25, -0.2) is 4.39 Å². The van der Waals surface area contributed by atoms with E-state index in [-0.39, 0.29) is 5.82 Å². The highest BCUT2D eigenvalue weighted by Crippen LogP contribution is 2.00. The van der Waals surface area contributed by atoms with Gasteiger partial charge in [-0.3, -0.25) is 0 Å². The molecule has 0 heterocycles. The fourth-order valence-electron chi connectivity index (χ4n) is 1.03. The summed E-state index contributed by atoms with van der Waals surface area (Å²) in [5, 5.41) is 12.0. The zero-order chi connectivity index (χ0) is 10.6. The summed E-state index contributed by atoms with van der Waals surface area (Å²) < 4.78 is 12.5. The average molecular weight is 197 g/mol. The molecular formula is C10H12FNO2. The molecule has 0 unspecified atom stereocenters. The van der Waals surface area contributed by atoms with Gasteiger partial charge in [-0.15, -0.1) is 0 Å². The fraction of sp³-hybridized carbons (Fsp3) is 0.300. The summed E-state index contributed by atoms with van der Waals surface area (Å²) in [4.78, 5) is 10.4. The van der Waals surface area contributed by atoms with Crippen LogP contribution in [0.15, 0.2) is 24.3 Å². The molecule has 0 amide bonds. The van der Waals surface area contributed by atoms with E-state index in [1.807, 2.05) is 0 Å². The number of hydrogen-bond donors (Lipinski definition) is 1. The Morgan fingerprint density at radius 2 is 2.07 bits per heavy atom. The van der Waals surface area contributed by atoms with E-state index in [1.54, 1.807) is 24.4 Å². The monoisotopic (exact) mass is 197 g/mol. The Kier molecular flexibility index (Phi) is 3.59. The topological polar surface area (TPSA) is 56.7 Å². The van der Waals surface area contributed by atoms with Crippen molar-refractivity contribution in [2.45, 2.75) is 19.5 Å². The first kappa shape index (κ1) is 10.7. The summed E-state index contributed by atoms with van der Waals surface area (Å²) in [5.41, 5.74) is 0.888. The summed E-state index contributed by atoms with van der Waals surface area (Å²) in [5.74, 6) is -1.38. The van der Waals surface area contributed by atoms with E-state index in [0.717, 1.165) is 5.56 Å². The molecule has 1 aromatic carbocycles. The Morgan fingerprint density at radius 1 is 1.50 bits per heavy atom. The molecule has 0 saturated carbocycles. The van der Waals surface area contributed by atoms with Gasteiger partial charge in [0, 0.05) is 5.56 Å². The predicted octanol–water partition coefficient (Wildman–Crippen LogP) is -0.972. The van der Waals surface area contributed by atoms with E-state index >= 15 is 0 Å². The third-order valence-corrected chi connectivity index (χ3v) is 1.99. The lowest BCUT2D eigenvalue weighted by atomic mass is 10.2. The minimum Gasteiger partial charge on any atom is -0.544 e. The van der Waals surface area contributed by atoms with Crippen molar-refractivity contribution in [1.82, 2.24) is 0 Å². The van der Waals surface area contributed by atoms with Crippen molar-refractivity contribution in [2.24, 2.45) is 0 Å². The molecule has 1 aromatic rings. The Balaban J connectivity index is 2.46. The first-order valence-electron chi connectivity index (χ1n) is 4.38. The summed E-state index contributed by atoms with van der Waals surface area (Å²) in [6.45, 7) is 2.06. The lowest BCUT2D eigenvalue weighted by molar-refractivity contribution is -0.695. The molecule has 0 radical (unpaired) electrons. The Labute approximate surface area is 81.6 Å². The van der Waals surface area contributed by atoms with Gasteiger partial charge in [0.15, 0.2) is 0 Å². The highest BCUT2D eigenvalue weighted by molar-refractivity contribution is 5.68. The summed E-state index contributed by atoms with van der Waals surface area (Å²) in [6.07, 6.45) is 0. The first-order valence-corrected chi connectivity index (χ1v) is 4.38. The van der Waals surface area contributed by atoms with Crippen LogP contribution in [0.4, 0.5) is 4.39 Å². The largest absolute Gasteiger partial charge is 0.544 e. The zero-order valence-corrected chi connectivity index (χ0v) is 7.87. The van der Waals surface area contributed by atoms with Crippen LogP contribution in [-0.2, 0) is 11.3 Å². The van der Waals surface area contributed by atoms with Crippen LogP contribution in [0, 0.1) is 5.82 Å². The van der Waals surface area contributed by atoms with Crippen LogP contribution < -0.4 is 10.4 Å². The molecule has 0 aliphatic heterocycles. The molecule has 0 aromatic heterocycles. The normalized spacial score (nSPS) is 12.4. The van der Waals surface area contributed by atoms with Crippen LogP contribution in [0.3, 0.4) is 0 Å². The number of nitrogens with two attached hydrogens (primary N) is 1. The van der Waals surface area contributed by atoms with Crippen molar-refractivity contribution < 1.29 is 19.6 Å². The first-order chi connectivity index (χ1) is 6.59. The summed E-state index contributed by atoms with van der Waals surface area (Å²) >= 11 is 0. The molecule has 1 rings (SSSR count). The molecular weight excluding hydrogens is 185 g/mol. The van der Waals surface area contributed by atoms with Crippen LogP contribution in [0.2, 0.25) is 0 Å². The number of carbonyl (C=O) groups excluding carboxylic acids is 1. The Hall–Kier alpha value is -1.42. The van der Waals surface area contributed by atoms with Crippen molar-refractivity contribution in [3.63, 3.8) is 0 Å². The minimum absolute atomic E-state index is 0.290. The van der Waals surface area contributed by atoms with Gasteiger partial charge < -0.3 is 15.2 Å². The maximum atomic E-state index is 12.5. The second kappa shape index (κ2) is 4.72. The molecule has 76 valence electrons. The molecule has 14 heavy (non-hydrogen) atoms. The van der Waals surface area contributed by atoms with Crippen LogP contribution in [0.25, 0.3) is 0 Å². The Bertz CT molecular complexity index is 310. The quantitative estimate of drug-likeness (QED) is 0.675. The van der Waals surface area contributed by atoms with Gasteiger partial charge >= 0.3 is 0 Å². The molecule has 0 saturated heterocycles. The van der Waals surface area contributed by atoms with E-state index in [0.29, 0.717) is 6.54 Å². The van der Waals surface area contributed by atoms with Crippen molar-refractivity contribution in [3.05, 3.63) is 35.6 Å². The van der Waals surface area contributed by atoms with Gasteiger partial charge in [-0.2, -0.15) is 0 Å². The second-order valence-electron chi connectivity index (χ2n) is 3.17. The highest BCUT2D eigenvalue weighted by atomic mass is 19.1. The molecule has 4 heteroatoms. The average Bonchev–Trinajstić information content (AvgIpc) is 2.16. The number of benzene rings is 1. The molecule has 1 atom stereocenters. The SMILES string of the molecule is C[C@@H]([NH2+]Cc1ccc(F)cc1)C(=O)[O-]. The van der Waals surface area contributed by atoms with Crippen molar-refractivity contribution in [2.75, 3.05) is 0 Å². The number of carbonyl (C=O) groups is 1. The summed E-state index contributed by atoms with van der Waals surface area (Å²) in [6, 6.07) is 5.39. The van der Waals surface area contributed by atoms with Gasteiger partial charge in [0.25, 0.3) is 0 Å². The van der Waals surface area contributed by atoms with E-state index in [2.05, 4.69) is 0 Å². The molecule has 0 aliphatic carbocycles. The smallest absolute Gasteiger partial charge is 0.123 e. The number of aliphatic carboxylic acids is 1. The zero-order valence-electron chi connectivity index (χ0n) is 7.87. The van der Waals surface area contributed by atoms with E-state index < -0.39 is 12.0 Å². The van der Waals surface area contributed by atoms with Crippen molar-refractivity contribution in [3.8, 4) is 0 Å². The molecule has 3 nitrogen and oxygen atoms in total. The number of rotatable bonds is 4. The molecule has 0 aliphatic rings. The van der Waals surface area contributed by atoms with Crippen molar-refractivity contribution in [1.29, 1.82) is 0 Å². The van der Waals surface area contributed by atoms with Crippen LogP contribution >= 0.6 is 0 Å². The maximum absolute atomic E-state index is 12.5. The highest BCUT2D eigenvalue weighted by Gasteiger charge is 2.05. The van der Waals surface area contributed by atoms with Crippen LogP contribution in [0.5, 0.6) is 0 Å². The van der Waals surface area contributed by atoms with Gasteiger partial charge in [0.1, 0.15) is 18.4 Å². The molecule has 0 bridgehead atoms. The minimum atomic E-state index is -1.09. The van der Waals surface area contributed by atoms with Gasteiger partial charge in [-0.1, -0.05) is 12.1 Å². The van der Waals surface area contributed by atoms with Crippen LogP contribution in [-0.4, -0.2) is 12.0 Å². The van der Waals surface area contributed by atoms with E-state index in [4.69, 9.17) is 0 Å². The van der Waals surface area contributed by atoms with Crippen LogP contribution in [0.1, 0.15) is 12.5 Å². The standard InChI is InChI=1S/C10H12FNO2/c1-7(10(13)14)12-6-8-2-4-9(11)5-3-8/h2-5,7,12H,6H2,1H3,(H,13,14)/t7-/m1/s1. The van der Waals surface area contributed by atoms with Gasteiger partial charge in [0.05, 0.1) is 5.97 Å². The lowest BCUT2D eigenvalue weighted by Gasteiger charge is -2.10. The number of hydrogen-bond acceptors (Lipinski definition) is 2.